The molecule has 3 N–H and O–H groups in total. The molecule has 0 rings (SSSR count). The van der Waals surface area contributed by atoms with Gasteiger partial charge in [0.05, 0.1) is 19.3 Å². The van der Waals surface area contributed by atoms with E-state index in [1.54, 1.807) is 7.11 Å². The highest BCUT2D eigenvalue weighted by Crippen LogP contribution is 2.04. The zero-order valence-electron chi connectivity index (χ0n) is 11.2. The minimum Gasteiger partial charge on any atom is -0.382 e. The summed E-state index contributed by atoms with van der Waals surface area (Å²) in [5, 5.41) is 2.81. The lowest BCUT2D eigenvalue weighted by Crippen LogP contribution is -2.45. The Kier molecular flexibility index (Phi) is 10.1. The number of hydrogen-bond acceptors (Lipinski definition) is 4. The number of carbonyl (C=O) groups is 1. The van der Waals surface area contributed by atoms with Crippen molar-refractivity contribution in [1.29, 1.82) is 0 Å². The van der Waals surface area contributed by atoms with Crippen LogP contribution < -0.4 is 11.1 Å². The molecule has 0 spiro atoms. The molecule has 5 heteroatoms. The van der Waals surface area contributed by atoms with Gasteiger partial charge in [-0.3, -0.25) is 4.79 Å². The molecule has 1 amide bonds. The molecule has 0 fully saturated rings. The molecule has 0 radical (unpaired) electrons. The van der Waals surface area contributed by atoms with E-state index >= 15 is 0 Å². The first-order valence-corrected chi connectivity index (χ1v) is 6.23. The highest BCUT2D eigenvalue weighted by atomic mass is 16.5. The molecule has 102 valence electrons. The van der Waals surface area contributed by atoms with Gasteiger partial charge in [-0.05, 0) is 12.3 Å². The van der Waals surface area contributed by atoms with Gasteiger partial charge < -0.3 is 20.5 Å². The van der Waals surface area contributed by atoms with Gasteiger partial charge >= 0.3 is 0 Å². The van der Waals surface area contributed by atoms with Crippen molar-refractivity contribution < 1.29 is 14.3 Å². The van der Waals surface area contributed by atoms with E-state index in [0.717, 1.165) is 12.8 Å². The lowest BCUT2D eigenvalue weighted by molar-refractivity contribution is -0.123. The van der Waals surface area contributed by atoms with E-state index in [-0.39, 0.29) is 11.8 Å². The zero-order valence-corrected chi connectivity index (χ0v) is 11.2. The summed E-state index contributed by atoms with van der Waals surface area (Å²) < 4.78 is 10.1. The van der Waals surface area contributed by atoms with Gasteiger partial charge in [0, 0.05) is 20.3 Å². The van der Waals surface area contributed by atoms with E-state index in [9.17, 15) is 4.79 Å². The maximum absolute atomic E-state index is 11.6. The number of nitrogens with two attached hydrogens (primary N) is 1. The molecule has 0 heterocycles. The summed E-state index contributed by atoms with van der Waals surface area (Å²) in [4.78, 5) is 11.6. The van der Waals surface area contributed by atoms with Crippen molar-refractivity contribution in [1.82, 2.24) is 5.32 Å². The zero-order chi connectivity index (χ0) is 13.1. The molecule has 17 heavy (non-hydrogen) atoms. The number of nitrogens with one attached hydrogen (secondary N) is 1. The molecular formula is C12H26N2O3. The maximum atomic E-state index is 11.6. The molecule has 5 nitrogen and oxygen atoms in total. The molecule has 0 aliphatic carbocycles. The van der Waals surface area contributed by atoms with Crippen LogP contribution in [0.5, 0.6) is 0 Å². The molecule has 0 bridgehead atoms. The molecule has 0 aromatic carbocycles. The van der Waals surface area contributed by atoms with Crippen LogP contribution in [0.2, 0.25) is 0 Å². The van der Waals surface area contributed by atoms with E-state index in [1.165, 1.54) is 0 Å². The SMILES string of the molecule is CCC(C)[C@H](N)C(=O)NCCCOCCOC. The van der Waals surface area contributed by atoms with Crippen LogP contribution in [0.4, 0.5) is 0 Å². The van der Waals surface area contributed by atoms with Crippen LogP contribution in [-0.4, -0.2) is 45.4 Å². The highest BCUT2D eigenvalue weighted by molar-refractivity contribution is 5.81. The van der Waals surface area contributed by atoms with Crippen molar-refractivity contribution in [3.05, 3.63) is 0 Å². The van der Waals surface area contributed by atoms with Gasteiger partial charge in [-0.1, -0.05) is 20.3 Å². The molecule has 0 aliphatic rings. The van der Waals surface area contributed by atoms with Crippen molar-refractivity contribution >= 4 is 5.91 Å². The van der Waals surface area contributed by atoms with Crippen LogP contribution >= 0.6 is 0 Å². The van der Waals surface area contributed by atoms with E-state index in [0.29, 0.717) is 26.4 Å². The summed E-state index contributed by atoms with van der Waals surface area (Å²) in [6, 6.07) is -0.408. The highest BCUT2D eigenvalue weighted by Gasteiger charge is 2.18. The minimum absolute atomic E-state index is 0.0729. The molecule has 0 aromatic rings. The maximum Gasteiger partial charge on any atom is 0.237 e. The Morgan fingerprint density at radius 1 is 1.35 bits per heavy atom. The topological polar surface area (TPSA) is 73.6 Å². The van der Waals surface area contributed by atoms with Gasteiger partial charge in [0.15, 0.2) is 0 Å². The average molecular weight is 246 g/mol. The summed E-state index contributed by atoms with van der Waals surface area (Å²) in [5.74, 6) is 0.143. The summed E-state index contributed by atoms with van der Waals surface area (Å²) in [6.45, 7) is 6.44. The van der Waals surface area contributed by atoms with Gasteiger partial charge in [-0.25, -0.2) is 0 Å². The predicted octanol–water partition coefficient (Wildman–Crippen LogP) is 0.529. The van der Waals surface area contributed by atoms with E-state index < -0.39 is 6.04 Å². The van der Waals surface area contributed by atoms with E-state index in [4.69, 9.17) is 15.2 Å². The molecule has 0 saturated carbocycles. The van der Waals surface area contributed by atoms with Gasteiger partial charge in [0.1, 0.15) is 0 Å². The smallest absolute Gasteiger partial charge is 0.237 e. The number of hydrogen-bond donors (Lipinski definition) is 2. The van der Waals surface area contributed by atoms with Crippen LogP contribution in [0.1, 0.15) is 26.7 Å². The monoisotopic (exact) mass is 246 g/mol. The summed E-state index contributed by atoms with van der Waals surface area (Å²) in [7, 11) is 1.64. The lowest BCUT2D eigenvalue weighted by atomic mass is 9.99. The number of methoxy groups -OCH3 is 1. The largest absolute Gasteiger partial charge is 0.382 e. The van der Waals surface area contributed by atoms with Crippen molar-refractivity contribution in [3.63, 3.8) is 0 Å². The lowest BCUT2D eigenvalue weighted by Gasteiger charge is -2.17. The average Bonchev–Trinajstić information content (AvgIpc) is 2.35. The summed E-state index contributed by atoms with van der Waals surface area (Å²) >= 11 is 0. The van der Waals surface area contributed by atoms with Crippen LogP contribution in [0, 0.1) is 5.92 Å². The fraction of sp³-hybridized carbons (Fsp3) is 0.917. The van der Waals surface area contributed by atoms with Gasteiger partial charge in [-0.2, -0.15) is 0 Å². The first-order valence-electron chi connectivity index (χ1n) is 6.23. The standard InChI is InChI=1S/C12H26N2O3/c1-4-10(2)11(13)12(15)14-6-5-7-17-9-8-16-3/h10-11H,4-9,13H2,1-3H3,(H,14,15)/t10?,11-/m0/s1. The van der Waals surface area contributed by atoms with E-state index in [1.807, 2.05) is 13.8 Å². The second-order valence-corrected chi connectivity index (χ2v) is 4.16. The second kappa shape index (κ2) is 10.5. The summed E-state index contributed by atoms with van der Waals surface area (Å²) in [5.41, 5.74) is 5.79. The minimum atomic E-state index is -0.408. The van der Waals surface area contributed by atoms with Crippen LogP contribution in [0.15, 0.2) is 0 Å². The Morgan fingerprint density at radius 2 is 2.06 bits per heavy atom. The number of amides is 1. The molecule has 1 unspecified atom stereocenters. The first kappa shape index (κ1) is 16.4. The molecule has 0 saturated heterocycles. The van der Waals surface area contributed by atoms with E-state index in [2.05, 4.69) is 5.32 Å². The van der Waals surface area contributed by atoms with Crippen molar-refractivity contribution in [3.8, 4) is 0 Å². The Hall–Kier alpha value is -0.650. The van der Waals surface area contributed by atoms with Gasteiger partial charge in [0.2, 0.25) is 5.91 Å². The van der Waals surface area contributed by atoms with Crippen LogP contribution in [-0.2, 0) is 14.3 Å². The molecule has 0 aromatic heterocycles. The van der Waals surface area contributed by atoms with Crippen molar-refractivity contribution in [2.24, 2.45) is 11.7 Å². The number of carbonyl (C=O) groups excluding carboxylic acids is 1. The second-order valence-electron chi connectivity index (χ2n) is 4.16. The van der Waals surface area contributed by atoms with Gasteiger partial charge in [0.25, 0.3) is 0 Å². The third kappa shape index (κ3) is 8.12. The third-order valence-corrected chi connectivity index (χ3v) is 2.76. The van der Waals surface area contributed by atoms with Crippen molar-refractivity contribution in [2.45, 2.75) is 32.7 Å². The number of ether oxygens (including phenoxy) is 2. The van der Waals surface area contributed by atoms with Crippen LogP contribution in [0.25, 0.3) is 0 Å². The summed E-state index contributed by atoms with van der Waals surface area (Å²) in [6.07, 6.45) is 1.71. The molecule has 0 aliphatic heterocycles. The fourth-order valence-electron chi connectivity index (χ4n) is 1.26. The normalized spacial score (nSPS) is 14.4. The molecule has 2 atom stereocenters. The predicted molar refractivity (Wildman–Crippen MR) is 67.8 cm³/mol. The Morgan fingerprint density at radius 3 is 2.65 bits per heavy atom. The van der Waals surface area contributed by atoms with Gasteiger partial charge in [-0.15, -0.1) is 0 Å². The molecular weight excluding hydrogens is 220 g/mol. The fourth-order valence-corrected chi connectivity index (χ4v) is 1.26. The third-order valence-electron chi connectivity index (χ3n) is 2.76. The quantitative estimate of drug-likeness (QED) is 0.551. The van der Waals surface area contributed by atoms with Crippen LogP contribution in [0.3, 0.4) is 0 Å². The Labute approximate surface area is 104 Å². The first-order chi connectivity index (χ1) is 8.13. The Balaban J connectivity index is 3.45. The number of rotatable bonds is 10. The Bertz CT molecular complexity index is 200. The van der Waals surface area contributed by atoms with Crippen molar-refractivity contribution in [2.75, 3.05) is 33.5 Å².